The summed E-state index contributed by atoms with van der Waals surface area (Å²) in [4.78, 5) is 13.4. The SMILES string of the molecule is Cc1nc2ccc(-c3ccn4nc(NC5CCC(C)(C#N)CC5)nc(N)c34)nc2n1CC(F)F. The lowest BCUT2D eigenvalue weighted by atomic mass is 9.75. The number of aromatic nitrogens is 6. The zero-order valence-electron chi connectivity index (χ0n) is 19.0. The molecule has 9 nitrogen and oxygen atoms in total. The second-order valence-corrected chi connectivity index (χ2v) is 9.13. The summed E-state index contributed by atoms with van der Waals surface area (Å²) in [7, 11) is 0. The minimum absolute atomic E-state index is 0.177. The number of aryl methyl sites for hydroxylation is 1. The molecule has 0 bridgehead atoms. The van der Waals surface area contributed by atoms with Crippen LogP contribution in [0.25, 0.3) is 27.9 Å². The number of fused-ring (bicyclic) bond motifs is 2. The second kappa shape index (κ2) is 8.20. The Morgan fingerprint density at radius 2 is 2.00 bits per heavy atom. The number of anilines is 2. The van der Waals surface area contributed by atoms with Crippen LogP contribution in [0.5, 0.6) is 0 Å². The van der Waals surface area contributed by atoms with E-state index < -0.39 is 13.0 Å². The maximum absolute atomic E-state index is 13.1. The summed E-state index contributed by atoms with van der Waals surface area (Å²) in [6.07, 6.45) is 2.62. The third-order valence-corrected chi connectivity index (χ3v) is 6.61. The van der Waals surface area contributed by atoms with Gasteiger partial charge in [0.05, 0.1) is 23.7 Å². The van der Waals surface area contributed by atoms with Crippen LogP contribution >= 0.6 is 0 Å². The fourth-order valence-corrected chi connectivity index (χ4v) is 4.64. The molecule has 1 aliphatic rings. The number of alkyl halides is 2. The summed E-state index contributed by atoms with van der Waals surface area (Å²) >= 11 is 0. The van der Waals surface area contributed by atoms with Gasteiger partial charge in [0.25, 0.3) is 6.43 Å². The van der Waals surface area contributed by atoms with E-state index in [1.807, 2.05) is 13.0 Å². The molecule has 0 aromatic carbocycles. The molecule has 34 heavy (non-hydrogen) atoms. The molecular formula is C23H25F2N9. The van der Waals surface area contributed by atoms with Gasteiger partial charge in [-0.05, 0) is 57.7 Å². The average Bonchev–Trinajstić information content (AvgIpc) is 3.36. The standard InChI is InChI=1S/C23H25F2N9/c1-13-28-17-4-3-16(30-21(17)33(13)11-18(24)25)15-7-10-34-19(15)20(27)31-22(32-34)29-14-5-8-23(2,12-26)9-6-14/h3-4,7,10,14,18H,5-6,8-9,11H2,1-2H3,(H3,27,29,31,32). The quantitative estimate of drug-likeness (QED) is 0.453. The Morgan fingerprint density at radius 1 is 1.24 bits per heavy atom. The highest BCUT2D eigenvalue weighted by Crippen LogP contribution is 2.36. The second-order valence-electron chi connectivity index (χ2n) is 9.13. The van der Waals surface area contributed by atoms with Crippen LogP contribution in [0.3, 0.4) is 0 Å². The number of nitrogens with two attached hydrogens (primary N) is 1. The number of nitrogen functional groups attached to an aromatic ring is 1. The molecule has 4 aromatic rings. The number of halogens is 2. The van der Waals surface area contributed by atoms with Crippen LogP contribution in [0, 0.1) is 23.7 Å². The number of hydrogen-bond donors (Lipinski definition) is 2. The van der Waals surface area contributed by atoms with Crippen LogP contribution in [0.4, 0.5) is 20.5 Å². The Labute approximate surface area is 194 Å². The molecule has 11 heteroatoms. The molecule has 0 atom stereocenters. The van der Waals surface area contributed by atoms with Gasteiger partial charge in [-0.1, -0.05) is 0 Å². The molecule has 1 aliphatic carbocycles. The maximum atomic E-state index is 13.1. The third-order valence-electron chi connectivity index (χ3n) is 6.61. The van der Waals surface area contributed by atoms with E-state index in [1.54, 1.807) is 29.8 Å². The summed E-state index contributed by atoms with van der Waals surface area (Å²) in [5.74, 6) is 1.19. The van der Waals surface area contributed by atoms with Gasteiger partial charge in [-0.25, -0.2) is 23.3 Å². The van der Waals surface area contributed by atoms with Crippen molar-refractivity contribution in [2.75, 3.05) is 11.1 Å². The first-order valence-electron chi connectivity index (χ1n) is 11.2. The summed E-state index contributed by atoms with van der Waals surface area (Å²) in [6.45, 7) is 3.22. The molecule has 0 saturated heterocycles. The predicted octanol–water partition coefficient (Wildman–Crippen LogP) is 4.18. The normalized spacial score (nSPS) is 20.8. The van der Waals surface area contributed by atoms with Crippen molar-refractivity contribution >= 4 is 28.4 Å². The van der Waals surface area contributed by atoms with Gasteiger partial charge in [0.1, 0.15) is 16.9 Å². The van der Waals surface area contributed by atoms with Crippen LogP contribution in [0.15, 0.2) is 24.4 Å². The number of nitriles is 1. The molecule has 4 aromatic heterocycles. The Balaban J connectivity index is 1.46. The highest BCUT2D eigenvalue weighted by Gasteiger charge is 2.31. The third kappa shape index (κ3) is 3.89. The monoisotopic (exact) mass is 465 g/mol. The van der Waals surface area contributed by atoms with Gasteiger partial charge in [-0.3, -0.25) is 0 Å². The predicted molar refractivity (Wildman–Crippen MR) is 124 cm³/mol. The maximum Gasteiger partial charge on any atom is 0.256 e. The van der Waals surface area contributed by atoms with E-state index >= 15 is 0 Å². The summed E-state index contributed by atoms with van der Waals surface area (Å²) < 4.78 is 29.2. The minimum atomic E-state index is -2.51. The molecule has 0 aliphatic heterocycles. The first-order chi connectivity index (χ1) is 16.3. The van der Waals surface area contributed by atoms with Crippen molar-refractivity contribution in [1.82, 2.24) is 29.1 Å². The number of rotatable bonds is 5. The van der Waals surface area contributed by atoms with Crippen LogP contribution in [0.1, 0.15) is 38.4 Å². The fraction of sp³-hybridized carbons (Fsp3) is 0.435. The minimum Gasteiger partial charge on any atom is -0.382 e. The van der Waals surface area contributed by atoms with Gasteiger partial charge < -0.3 is 15.6 Å². The van der Waals surface area contributed by atoms with E-state index in [9.17, 15) is 14.0 Å². The van der Waals surface area contributed by atoms with Crippen LogP contribution in [-0.4, -0.2) is 41.6 Å². The fourth-order valence-electron chi connectivity index (χ4n) is 4.64. The largest absolute Gasteiger partial charge is 0.382 e. The summed E-state index contributed by atoms with van der Waals surface area (Å²) in [5.41, 5.74) is 8.88. The lowest BCUT2D eigenvalue weighted by Gasteiger charge is -2.32. The Kier molecular flexibility index (Phi) is 5.31. The van der Waals surface area contributed by atoms with Crippen molar-refractivity contribution in [3.8, 4) is 17.3 Å². The Morgan fingerprint density at radius 3 is 2.71 bits per heavy atom. The molecule has 1 fully saturated rings. The summed E-state index contributed by atoms with van der Waals surface area (Å²) in [5, 5.41) is 17.2. The zero-order chi connectivity index (χ0) is 24.0. The van der Waals surface area contributed by atoms with Gasteiger partial charge in [-0.2, -0.15) is 10.2 Å². The van der Waals surface area contributed by atoms with E-state index in [2.05, 4.69) is 31.4 Å². The topological polar surface area (TPSA) is 123 Å². The molecule has 0 amide bonds. The van der Waals surface area contributed by atoms with E-state index in [0.29, 0.717) is 39.7 Å². The van der Waals surface area contributed by atoms with E-state index in [4.69, 9.17) is 5.73 Å². The summed E-state index contributed by atoms with van der Waals surface area (Å²) in [6, 6.07) is 7.97. The molecule has 176 valence electrons. The van der Waals surface area contributed by atoms with Crippen LogP contribution in [0.2, 0.25) is 0 Å². The number of nitrogens with one attached hydrogen (secondary N) is 1. The van der Waals surface area contributed by atoms with Crippen molar-refractivity contribution in [1.29, 1.82) is 5.26 Å². The van der Waals surface area contributed by atoms with Gasteiger partial charge in [0.2, 0.25) is 5.95 Å². The number of hydrogen-bond acceptors (Lipinski definition) is 7. The van der Waals surface area contributed by atoms with E-state index in [-0.39, 0.29) is 17.3 Å². The van der Waals surface area contributed by atoms with Gasteiger partial charge in [0, 0.05) is 17.8 Å². The van der Waals surface area contributed by atoms with Gasteiger partial charge in [0.15, 0.2) is 11.5 Å². The molecular weight excluding hydrogens is 440 g/mol. The van der Waals surface area contributed by atoms with Crippen LogP contribution < -0.4 is 11.1 Å². The lowest BCUT2D eigenvalue weighted by Crippen LogP contribution is -2.31. The highest BCUT2D eigenvalue weighted by molar-refractivity contribution is 5.88. The van der Waals surface area contributed by atoms with E-state index in [1.165, 1.54) is 4.57 Å². The molecule has 5 rings (SSSR count). The zero-order valence-corrected chi connectivity index (χ0v) is 19.0. The van der Waals surface area contributed by atoms with Crippen molar-refractivity contribution in [3.05, 3.63) is 30.2 Å². The average molecular weight is 466 g/mol. The Hall–Kier alpha value is -3.81. The van der Waals surface area contributed by atoms with Crippen molar-refractivity contribution in [2.24, 2.45) is 5.41 Å². The van der Waals surface area contributed by atoms with Crippen molar-refractivity contribution < 1.29 is 8.78 Å². The van der Waals surface area contributed by atoms with E-state index in [0.717, 1.165) is 25.7 Å². The number of imidazole rings is 1. The molecule has 0 radical (unpaired) electrons. The first kappa shape index (κ1) is 22.0. The van der Waals surface area contributed by atoms with Crippen molar-refractivity contribution in [3.63, 3.8) is 0 Å². The number of pyridine rings is 1. The molecule has 3 N–H and O–H groups in total. The lowest BCUT2D eigenvalue weighted by molar-refractivity contribution is 0.127. The van der Waals surface area contributed by atoms with Crippen molar-refractivity contribution in [2.45, 2.75) is 58.5 Å². The highest BCUT2D eigenvalue weighted by atomic mass is 19.3. The van der Waals surface area contributed by atoms with Gasteiger partial charge >= 0.3 is 0 Å². The number of nitrogens with zero attached hydrogens (tertiary/aromatic N) is 7. The Bertz CT molecular complexity index is 1410. The van der Waals surface area contributed by atoms with Crippen LogP contribution in [-0.2, 0) is 6.54 Å². The molecule has 0 spiro atoms. The molecule has 1 saturated carbocycles. The van der Waals surface area contributed by atoms with Gasteiger partial charge in [-0.15, -0.1) is 5.10 Å². The smallest absolute Gasteiger partial charge is 0.256 e. The molecule has 4 heterocycles. The first-order valence-corrected chi connectivity index (χ1v) is 11.2. The molecule has 0 unspecified atom stereocenters.